The van der Waals surface area contributed by atoms with E-state index in [0.717, 1.165) is 50.0 Å². The first-order valence-corrected chi connectivity index (χ1v) is 8.84. The van der Waals surface area contributed by atoms with Crippen molar-refractivity contribution in [2.75, 3.05) is 6.61 Å². The van der Waals surface area contributed by atoms with Gasteiger partial charge in [0.15, 0.2) is 11.6 Å². The summed E-state index contributed by atoms with van der Waals surface area (Å²) in [6.45, 7) is 2.84. The number of benzene rings is 2. The summed E-state index contributed by atoms with van der Waals surface area (Å²) in [4.78, 5) is 0. The summed E-state index contributed by atoms with van der Waals surface area (Å²) in [7, 11) is 0. The molecule has 0 aromatic heterocycles. The molecule has 0 amide bonds. The number of halogens is 2. The lowest BCUT2D eigenvalue weighted by Crippen LogP contribution is -2.20. The molecule has 0 N–H and O–H groups in total. The first kappa shape index (κ1) is 17.6. The molecule has 1 nitrogen and oxygen atoms in total. The zero-order chi connectivity index (χ0) is 17.6. The van der Waals surface area contributed by atoms with Crippen LogP contribution in [0, 0.1) is 23.5 Å². The summed E-state index contributed by atoms with van der Waals surface area (Å²) in [6, 6.07) is 11.9. The first-order valence-electron chi connectivity index (χ1n) is 8.84. The van der Waals surface area contributed by atoms with Crippen molar-refractivity contribution in [2.45, 2.75) is 44.6 Å². The second kappa shape index (κ2) is 8.27. The maximum Gasteiger partial charge on any atom is 0.160 e. The Bertz CT molecular complexity index is 763. The van der Waals surface area contributed by atoms with E-state index in [1.54, 1.807) is 0 Å². The predicted molar refractivity (Wildman–Crippen MR) is 95.4 cm³/mol. The minimum absolute atomic E-state index is 0.419. The lowest BCUT2D eigenvalue weighted by atomic mass is 9.82. The Balaban J connectivity index is 1.63. The van der Waals surface area contributed by atoms with E-state index in [2.05, 4.69) is 24.0 Å². The van der Waals surface area contributed by atoms with Gasteiger partial charge in [-0.2, -0.15) is 0 Å². The van der Waals surface area contributed by atoms with E-state index in [0.29, 0.717) is 17.6 Å². The van der Waals surface area contributed by atoms with Crippen LogP contribution in [-0.4, -0.2) is 12.7 Å². The van der Waals surface area contributed by atoms with E-state index >= 15 is 0 Å². The minimum atomic E-state index is -0.871. The summed E-state index contributed by atoms with van der Waals surface area (Å²) < 4.78 is 31.8. The van der Waals surface area contributed by atoms with Crippen molar-refractivity contribution in [1.82, 2.24) is 0 Å². The average Bonchev–Trinajstić information content (AvgIpc) is 2.64. The van der Waals surface area contributed by atoms with Gasteiger partial charge in [-0.1, -0.05) is 24.0 Å². The van der Waals surface area contributed by atoms with Crippen LogP contribution in [0.1, 0.15) is 55.2 Å². The topological polar surface area (TPSA) is 9.23 Å². The maximum atomic E-state index is 13.2. The molecule has 3 heteroatoms. The molecule has 1 aliphatic rings. The molecular weight excluding hydrogens is 318 g/mol. The van der Waals surface area contributed by atoms with Crippen molar-refractivity contribution in [3.05, 3.63) is 70.8 Å². The van der Waals surface area contributed by atoms with E-state index in [-0.39, 0.29) is 0 Å². The second-order valence-corrected chi connectivity index (χ2v) is 6.43. The Labute approximate surface area is 148 Å². The standard InChI is InChI=1S/C22H22F2O/c1-2-25-20-12-10-19(11-13-20)18-8-5-16(6-9-18)3-4-17-7-14-21(23)22(24)15-17/h5-9,14-15,19-20H,2,10-13H2,1H3. The smallest absolute Gasteiger partial charge is 0.160 e. The lowest BCUT2D eigenvalue weighted by Gasteiger charge is -2.28. The third-order valence-electron chi connectivity index (χ3n) is 4.73. The highest BCUT2D eigenvalue weighted by molar-refractivity contribution is 5.44. The van der Waals surface area contributed by atoms with Crippen molar-refractivity contribution in [3.8, 4) is 11.8 Å². The monoisotopic (exact) mass is 340 g/mol. The largest absolute Gasteiger partial charge is 0.379 e. The van der Waals surface area contributed by atoms with Gasteiger partial charge in [-0.05, 0) is 74.4 Å². The van der Waals surface area contributed by atoms with Crippen LogP contribution in [0.5, 0.6) is 0 Å². The SMILES string of the molecule is CCOC1CCC(c2ccc(C#Cc3ccc(F)c(F)c3)cc2)CC1. The molecule has 0 atom stereocenters. The van der Waals surface area contributed by atoms with Crippen LogP contribution in [-0.2, 0) is 4.74 Å². The van der Waals surface area contributed by atoms with E-state index in [9.17, 15) is 8.78 Å². The van der Waals surface area contributed by atoms with Crippen LogP contribution in [0.2, 0.25) is 0 Å². The van der Waals surface area contributed by atoms with Crippen LogP contribution in [0.25, 0.3) is 0 Å². The number of hydrogen-bond acceptors (Lipinski definition) is 1. The molecule has 1 saturated carbocycles. The van der Waals surface area contributed by atoms with Crippen LogP contribution in [0.15, 0.2) is 42.5 Å². The Morgan fingerprint density at radius 2 is 1.52 bits per heavy atom. The van der Waals surface area contributed by atoms with E-state index < -0.39 is 11.6 Å². The van der Waals surface area contributed by atoms with Crippen molar-refractivity contribution in [3.63, 3.8) is 0 Å². The van der Waals surface area contributed by atoms with Gasteiger partial charge in [-0.25, -0.2) is 8.78 Å². The van der Waals surface area contributed by atoms with E-state index in [4.69, 9.17) is 4.74 Å². The van der Waals surface area contributed by atoms with Crippen molar-refractivity contribution in [2.24, 2.45) is 0 Å². The van der Waals surface area contributed by atoms with Crippen molar-refractivity contribution in [1.29, 1.82) is 0 Å². The van der Waals surface area contributed by atoms with Crippen LogP contribution >= 0.6 is 0 Å². The fourth-order valence-corrected chi connectivity index (χ4v) is 3.36. The molecule has 1 aliphatic carbocycles. The van der Waals surface area contributed by atoms with Gasteiger partial charge in [0, 0.05) is 17.7 Å². The quantitative estimate of drug-likeness (QED) is 0.677. The molecular formula is C22H22F2O. The maximum absolute atomic E-state index is 13.2. The minimum Gasteiger partial charge on any atom is -0.379 e. The summed E-state index contributed by atoms with van der Waals surface area (Å²) in [5.41, 5.74) is 2.68. The lowest BCUT2D eigenvalue weighted by molar-refractivity contribution is 0.0328. The van der Waals surface area contributed by atoms with Gasteiger partial charge in [-0.3, -0.25) is 0 Å². The molecule has 1 fully saturated rings. The van der Waals surface area contributed by atoms with Gasteiger partial charge in [-0.15, -0.1) is 0 Å². The van der Waals surface area contributed by atoms with Gasteiger partial charge in [0.1, 0.15) is 0 Å². The molecule has 130 valence electrons. The Morgan fingerprint density at radius 1 is 0.880 bits per heavy atom. The van der Waals surface area contributed by atoms with Crippen molar-refractivity contribution < 1.29 is 13.5 Å². The van der Waals surface area contributed by atoms with Crippen LogP contribution in [0.3, 0.4) is 0 Å². The number of rotatable bonds is 3. The first-order chi connectivity index (χ1) is 12.2. The van der Waals surface area contributed by atoms with Crippen LogP contribution in [0.4, 0.5) is 8.78 Å². The molecule has 0 aliphatic heterocycles. The zero-order valence-corrected chi connectivity index (χ0v) is 14.4. The Morgan fingerprint density at radius 3 is 2.16 bits per heavy atom. The third kappa shape index (κ3) is 4.67. The summed E-state index contributed by atoms with van der Waals surface area (Å²) in [5.74, 6) is 4.74. The summed E-state index contributed by atoms with van der Waals surface area (Å²) >= 11 is 0. The molecule has 0 saturated heterocycles. The van der Waals surface area contributed by atoms with Gasteiger partial charge in [0.25, 0.3) is 0 Å². The van der Waals surface area contributed by atoms with E-state index in [1.807, 2.05) is 19.1 Å². The fourth-order valence-electron chi connectivity index (χ4n) is 3.36. The molecule has 0 heterocycles. The molecule has 0 bridgehead atoms. The highest BCUT2D eigenvalue weighted by Gasteiger charge is 2.22. The Hall–Kier alpha value is -2.18. The van der Waals surface area contributed by atoms with Crippen LogP contribution < -0.4 is 0 Å². The average molecular weight is 340 g/mol. The summed E-state index contributed by atoms with van der Waals surface area (Å²) in [6.07, 6.45) is 4.98. The van der Waals surface area contributed by atoms with E-state index in [1.165, 1.54) is 11.6 Å². The summed E-state index contributed by atoms with van der Waals surface area (Å²) in [5, 5.41) is 0. The highest BCUT2D eigenvalue weighted by atomic mass is 19.2. The Kier molecular flexibility index (Phi) is 5.83. The molecule has 0 radical (unpaired) electrons. The molecule has 25 heavy (non-hydrogen) atoms. The van der Waals surface area contributed by atoms with Gasteiger partial charge in [0.2, 0.25) is 0 Å². The molecule has 3 rings (SSSR count). The van der Waals surface area contributed by atoms with Gasteiger partial charge >= 0.3 is 0 Å². The normalized spacial score (nSPS) is 20.0. The van der Waals surface area contributed by atoms with Gasteiger partial charge < -0.3 is 4.74 Å². The zero-order valence-electron chi connectivity index (χ0n) is 14.4. The van der Waals surface area contributed by atoms with Crippen molar-refractivity contribution >= 4 is 0 Å². The predicted octanol–water partition coefficient (Wildman–Crippen LogP) is 5.43. The highest BCUT2D eigenvalue weighted by Crippen LogP contribution is 2.34. The van der Waals surface area contributed by atoms with Gasteiger partial charge in [0.05, 0.1) is 6.10 Å². The second-order valence-electron chi connectivity index (χ2n) is 6.43. The number of hydrogen-bond donors (Lipinski definition) is 0. The molecule has 0 spiro atoms. The molecule has 0 unspecified atom stereocenters. The molecule has 2 aromatic rings. The third-order valence-corrected chi connectivity index (χ3v) is 4.73. The number of ether oxygens (including phenoxy) is 1. The fraction of sp³-hybridized carbons (Fsp3) is 0.364. The molecule has 2 aromatic carbocycles.